The molecule has 0 spiro atoms. The predicted molar refractivity (Wildman–Crippen MR) is 85.1 cm³/mol. The first kappa shape index (κ1) is 19.6. The third kappa shape index (κ3) is 15.7. The van der Waals surface area contributed by atoms with Gasteiger partial charge in [0.05, 0.1) is 13.2 Å². The van der Waals surface area contributed by atoms with E-state index in [4.69, 9.17) is 8.85 Å². The first-order valence-electron chi connectivity index (χ1n) is 8.60. The average molecular weight is 303 g/mol. The van der Waals surface area contributed by atoms with E-state index in [-0.39, 0.29) is 0 Å². The number of hydrogen-bond donors (Lipinski definition) is 0. The first-order chi connectivity index (χ1) is 9.81. The van der Waals surface area contributed by atoms with Gasteiger partial charge in [-0.15, -0.1) is 0 Å². The van der Waals surface area contributed by atoms with Crippen LogP contribution in [0.15, 0.2) is 0 Å². The summed E-state index contributed by atoms with van der Waals surface area (Å²) in [6, 6.07) is 0. The molecule has 0 bridgehead atoms. The van der Waals surface area contributed by atoms with E-state index < -0.39 is 9.17 Å². The lowest BCUT2D eigenvalue weighted by molar-refractivity contribution is 0.163. The summed E-state index contributed by atoms with van der Waals surface area (Å²) in [5, 5.41) is 0. The van der Waals surface area contributed by atoms with Gasteiger partial charge in [-0.05, 0) is 12.8 Å². The van der Waals surface area contributed by atoms with Crippen LogP contribution in [0.5, 0.6) is 0 Å². The minimum Gasteiger partial charge on any atom is -0.496 e. The van der Waals surface area contributed by atoms with E-state index in [1.807, 2.05) is 0 Å². The Morgan fingerprint density at radius 3 is 1.35 bits per heavy atom. The SMILES string of the molecule is CCCCCCCCO[Si](=O)OCCCCCCCC. The van der Waals surface area contributed by atoms with Crippen molar-refractivity contribution in [3.05, 3.63) is 0 Å². The molecule has 0 saturated heterocycles. The van der Waals surface area contributed by atoms with Crippen molar-refractivity contribution in [1.82, 2.24) is 0 Å². The molecule has 20 heavy (non-hydrogen) atoms. The van der Waals surface area contributed by atoms with Crippen LogP contribution in [0.4, 0.5) is 0 Å². The van der Waals surface area contributed by atoms with Crippen molar-refractivity contribution in [1.29, 1.82) is 0 Å². The molecule has 0 atom stereocenters. The second kappa shape index (κ2) is 16.7. The van der Waals surface area contributed by atoms with Crippen LogP contribution in [0, 0.1) is 0 Å². The third-order valence-electron chi connectivity index (χ3n) is 3.44. The van der Waals surface area contributed by atoms with Crippen molar-refractivity contribution in [3.8, 4) is 0 Å². The predicted octanol–water partition coefficient (Wildman–Crippen LogP) is 5.16. The van der Waals surface area contributed by atoms with Crippen molar-refractivity contribution in [2.75, 3.05) is 13.2 Å². The molecular formula is C16H34O3Si. The highest BCUT2D eigenvalue weighted by Crippen LogP contribution is 2.06. The highest BCUT2D eigenvalue weighted by molar-refractivity contribution is 6.26. The minimum atomic E-state index is -2.23. The fourth-order valence-electron chi connectivity index (χ4n) is 2.12. The Morgan fingerprint density at radius 2 is 0.950 bits per heavy atom. The highest BCUT2D eigenvalue weighted by Gasteiger charge is 2.09. The van der Waals surface area contributed by atoms with E-state index in [0.717, 1.165) is 12.8 Å². The van der Waals surface area contributed by atoms with Crippen molar-refractivity contribution in [3.63, 3.8) is 0 Å². The van der Waals surface area contributed by atoms with Crippen LogP contribution in [0.25, 0.3) is 0 Å². The summed E-state index contributed by atoms with van der Waals surface area (Å²) in [6.45, 7) is 5.60. The summed E-state index contributed by atoms with van der Waals surface area (Å²) in [7, 11) is -2.23. The molecule has 0 amide bonds. The molecule has 120 valence electrons. The van der Waals surface area contributed by atoms with E-state index in [1.165, 1.54) is 64.2 Å². The summed E-state index contributed by atoms with van der Waals surface area (Å²) < 4.78 is 21.9. The lowest BCUT2D eigenvalue weighted by Crippen LogP contribution is -2.14. The lowest BCUT2D eigenvalue weighted by atomic mass is 10.1. The third-order valence-corrected chi connectivity index (χ3v) is 4.32. The van der Waals surface area contributed by atoms with Crippen molar-refractivity contribution in [2.45, 2.75) is 90.9 Å². The Balaban J connectivity index is 3.13. The van der Waals surface area contributed by atoms with Crippen LogP contribution in [0.1, 0.15) is 90.9 Å². The normalized spacial score (nSPS) is 10.5. The van der Waals surface area contributed by atoms with Crippen molar-refractivity contribution < 1.29 is 13.3 Å². The quantitative estimate of drug-likeness (QED) is 0.292. The van der Waals surface area contributed by atoms with Gasteiger partial charge in [-0.2, -0.15) is 0 Å². The van der Waals surface area contributed by atoms with Gasteiger partial charge in [0.15, 0.2) is 0 Å². The molecular weight excluding hydrogens is 268 g/mol. The maximum absolute atomic E-state index is 11.5. The zero-order valence-electron chi connectivity index (χ0n) is 13.6. The largest absolute Gasteiger partial charge is 0.767 e. The highest BCUT2D eigenvalue weighted by atomic mass is 28.3. The average Bonchev–Trinajstić information content (AvgIpc) is 2.45. The molecule has 0 aromatic heterocycles. The second-order valence-corrected chi connectivity index (χ2v) is 6.56. The Morgan fingerprint density at radius 1 is 0.600 bits per heavy atom. The summed E-state index contributed by atoms with van der Waals surface area (Å²) >= 11 is 0. The van der Waals surface area contributed by atoms with E-state index in [1.54, 1.807) is 0 Å². The van der Waals surface area contributed by atoms with Crippen LogP contribution in [-0.4, -0.2) is 22.4 Å². The van der Waals surface area contributed by atoms with E-state index in [0.29, 0.717) is 13.2 Å². The molecule has 0 unspecified atom stereocenters. The Hall–Kier alpha value is -0.383. The van der Waals surface area contributed by atoms with Crippen LogP contribution in [0.2, 0.25) is 0 Å². The molecule has 0 aliphatic carbocycles. The van der Waals surface area contributed by atoms with Crippen molar-refractivity contribution in [2.24, 2.45) is 0 Å². The van der Waals surface area contributed by atoms with Gasteiger partial charge >= 0.3 is 9.17 Å². The molecule has 3 nitrogen and oxygen atoms in total. The molecule has 0 fully saturated rings. The smallest absolute Gasteiger partial charge is 0.496 e. The molecule has 0 aromatic carbocycles. The van der Waals surface area contributed by atoms with Gasteiger partial charge in [0.1, 0.15) is 0 Å². The lowest BCUT2D eigenvalue weighted by Gasteiger charge is -2.06. The van der Waals surface area contributed by atoms with Gasteiger partial charge in [0, 0.05) is 0 Å². The van der Waals surface area contributed by atoms with Gasteiger partial charge < -0.3 is 8.85 Å². The van der Waals surface area contributed by atoms with Crippen LogP contribution >= 0.6 is 0 Å². The maximum atomic E-state index is 11.5. The standard InChI is InChI=1S/C16H34O3Si/c1-3-5-7-9-11-13-15-18-20(17)19-16-14-12-10-8-6-4-2/h3-16H2,1-2H3. The van der Waals surface area contributed by atoms with Gasteiger partial charge in [0.25, 0.3) is 0 Å². The first-order valence-corrected chi connectivity index (χ1v) is 9.83. The number of rotatable bonds is 16. The topological polar surface area (TPSA) is 35.5 Å². The van der Waals surface area contributed by atoms with Crippen LogP contribution in [-0.2, 0) is 13.3 Å². The fraction of sp³-hybridized carbons (Fsp3) is 1.00. The minimum absolute atomic E-state index is 0.584. The van der Waals surface area contributed by atoms with Gasteiger partial charge in [0.2, 0.25) is 0 Å². The Kier molecular flexibility index (Phi) is 16.4. The monoisotopic (exact) mass is 302 g/mol. The Labute approximate surface area is 127 Å². The van der Waals surface area contributed by atoms with Gasteiger partial charge in [-0.1, -0.05) is 78.1 Å². The molecule has 0 radical (unpaired) electrons. The molecule has 4 heteroatoms. The molecule has 0 aromatic rings. The number of unbranched alkanes of at least 4 members (excludes halogenated alkanes) is 10. The zero-order chi connectivity index (χ0) is 14.9. The maximum Gasteiger partial charge on any atom is 0.767 e. The van der Waals surface area contributed by atoms with Crippen LogP contribution < -0.4 is 0 Å². The van der Waals surface area contributed by atoms with Gasteiger partial charge in [-0.25, -0.2) is 0 Å². The van der Waals surface area contributed by atoms with E-state index in [2.05, 4.69) is 13.8 Å². The van der Waals surface area contributed by atoms with E-state index in [9.17, 15) is 4.46 Å². The molecule has 0 N–H and O–H groups in total. The van der Waals surface area contributed by atoms with Crippen molar-refractivity contribution >= 4 is 9.17 Å². The Bertz CT molecular complexity index is 190. The molecule has 0 aliphatic heterocycles. The molecule has 0 aliphatic rings. The zero-order valence-corrected chi connectivity index (χ0v) is 14.6. The molecule has 0 saturated carbocycles. The summed E-state index contributed by atoms with van der Waals surface area (Å²) in [4.78, 5) is 0. The summed E-state index contributed by atoms with van der Waals surface area (Å²) in [5.74, 6) is 0. The fourth-order valence-corrected chi connectivity index (χ4v) is 2.82. The summed E-state index contributed by atoms with van der Waals surface area (Å²) in [5.41, 5.74) is 0. The molecule has 0 heterocycles. The summed E-state index contributed by atoms with van der Waals surface area (Å²) in [6.07, 6.45) is 14.7. The van der Waals surface area contributed by atoms with Gasteiger partial charge in [-0.3, -0.25) is 4.46 Å². The molecule has 0 rings (SSSR count). The second-order valence-electron chi connectivity index (χ2n) is 5.48. The number of hydrogen-bond acceptors (Lipinski definition) is 3. The van der Waals surface area contributed by atoms with Crippen LogP contribution in [0.3, 0.4) is 0 Å². The van der Waals surface area contributed by atoms with E-state index >= 15 is 0 Å².